The first-order valence-electron chi connectivity index (χ1n) is 10.3. The summed E-state index contributed by atoms with van der Waals surface area (Å²) < 4.78 is 56.9. The highest BCUT2D eigenvalue weighted by Crippen LogP contribution is 2.28. The van der Waals surface area contributed by atoms with Crippen molar-refractivity contribution < 1.29 is 42.4 Å². The predicted molar refractivity (Wildman–Crippen MR) is 116 cm³/mol. The molecule has 33 heavy (non-hydrogen) atoms. The minimum absolute atomic E-state index is 0. The van der Waals surface area contributed by atoms with Gasteiger partial charge in [-0.1, -0.05) is 37.8 Å². The van der Waals surface area contributed by atoms with Crippen molar-refractivity contribution in [1.29, 1.82) is 0 Å². The zero-order chi connectivity index (χ0) is 24.2. The van der Waals surface area contributed by atoms with Crippen LogP contribution in [-0.2, 0) is 11.3 Å². The van der Waals surface area contributed by atoms with Crippen LogP contribution in [0.4, 0.5) is 22.4 Å². The van der Waals surface area contributed by atoms with Crippen LogP contribution < -0.4 is 5.32 Å². The van der Waals surface area contributed by atoms with E-state index in [4.69, 9.17) is 14.9 Å². The second-order valence-electron chi connectivity index (χ2n) is 7.41. The molecule has 0 saturated carbocycles. The number of ether oxygens (including phenoxy) is 1. The lowest BCUT2D eigenvalue weighted by Gasteiger charge is -2.19. The normalized spacial score (nSPS) is 23.7. The van der Waals surface area contributed by atoms with Crippen molar-refractivity contribution in [2.75, 3.05) is 33.3 Å². The number of nitrogens with one attached hydrogen (secondary N) is 1. The number of hydrogen-bond acceptors (Lipinski definition) is 6. The SMILES string of the molecule is C.CO.O=C(OCc1ccccc1)N1CCC(O)C(F)(F)CC1.OC1CCNCCC1(F)F. The van der Waals surface area contributed by atoms with E-state index in [1.165, 1.54) is 4.90 Å². The number of aliphatic hydroxyl groups is 3. The summed E-state index contributed by atoms with van der Waals surface area (Å²) in [6.45, 7) is 0.845. The summed E-state index contributed by atoms with van der Waals surface area (Å²) in [4.78, 5) is 13.0. The van der Waals surface area contributed by atoms with Crippen molar-refractivity contribution in [2.45, 2.75) is 63.8 Å². The van der Waals surface area contributed by atoms with E-state index in [1.54, 1.807) is 0 Å². The van der Waals surface area contributed by atoms with Crippen molar-refractivity contribution in [2.24, 2.45) is 0 Å². The molecule has 0 spiro atoms. The second kappa shape index (κ2) is 15.0. The van der Waals surface area contributed by atoms with Gasteiger partial charge in [0.2, 0.25) is 0 Å². The van der Waals surface area contributed by atoms with Crippen molar-refractivity contribution in [3.8, 4) is 0 Å². The first-order chi connectivity index (χ1) is 15.1. The number of hydrogen-bond donors (Lipinski definition) is 4. The Hall–Kier alpha value is -1.95. The van der Waals surface area contributed by atoms with E-state index in [0.717, 1.165) is 12.7 Å². The van der Waals surface area contributed by atoms with Crippen LogP contribution in [0.1, 0.15) is 38.7 Å². The van der Waals surface area contributed by atoms with Gasteiger partial charge in [-0.15, -0.1) is 0 Å². The average molecular weight is 485 g/mol. The highest BCUT2D eigenvalue weighted by atomic mass is 19.3. The second-order valence-corrected chi connectivity index (χ2v) is 7.41. The van der Waals surface area contributed by atoms with Gasteiger partial charge in [-0.2, -0.15) is 0 Å². The minimum atomic E-state index is -3.14. The van der Waals surface area contributed by atoms with E-state index in [-0.39, 0.29) is 46.4 Å². The van der Waals surface area contributed by atoms with Crippen molar-refractivity contribution in [3.05, 3.63) is 35.9 Å². The first kappa shape index (κ1) is 31.0. The van der Waals surface area contributed by atoms with E-state index in [9.17, 15) is 27.5 Å². The third-order valence-electron chi connectivity index (χ3n) is 5.06. The van der Waals surface area contributed by atoms with E-state index < -0.39 is 36.6 Å². The molecular weight excluding hydrogens is 448 g/mol. The molecule has 4 N–H and O–H groups in total. The van der Waals surface area contributed by atoms with Crippen LogP contribution in [0.2, 0.25) is 0 Å². The summed E-state index contributed by atoms with van der Waals surface area (Å²) in [6, 6.07) is 9.13. The Morgan fingerprint density at radius 1 is 1.00 bits per heavy atom. The maximum atomic E-state index is 13.3. The quantitative estimate of drug-likeness (QED) is 0.482. The summed E-state index contributed by atoms with van der Waals surface area (Å²) in [7, 11) is 1.00. The minimum Gasteiger partial charge on any atom is -0.445 e. The molecule has 2 saturated heterocycles. The van der Waals surface area contributed by atoms with E-state index in [0.29, 0.717) is 13.1 Å². The van der Waals surface area contributed by atoms with Crippen LogP contribution in [0.3, 0.4) is 0 Å². The van der Waals surface area contributed by atoms with E-state index >= 15 is 0 Å². The predicted octanol–water partition coefficient (Wildman–Crippen LogP) is 3.03. The molecule has 192 valence electrons. The van der Waals surface area contributed by atoms with Gasteiger partial charge in [-0.25, -0.2) is 22.4 Å². The third-order valence-corrected chi connectivity index (χ3v) is 5.06. The van der Waals surface area contributed by atoms with Crippen LogP contribution >= 0.6 is 0 Å². The average Bonchev–Trinajstić information content (AvgIpc) is 3.02. The molecule has 7 nitrogen and oxygen atoms in total. The summed E-state index contributed by atoms with van der Waals surface area (Å²) in [5.41, 5.74) is 0.834. The lowest BCUT2D eigenvalue weighted by Crippen LogP contribution is -2.33. The molecule has 1 amide bonds. The number of carbonyl (C=O) groups excluding carboxylic acids is 1. The van der Waals surface area contributed by atoms with Gasteiger partial charge in [0.15, 0.2) is 0 Å². The molecule has 11 heteroatoms. The molecule has 1 aromatic carbocycles. The molecule has 2 heterocycles. The molecule has 0 radical (unpaired) electrons. The van der Waals surface area contributed by atoms with Gasteiger partial charge in [-0.05, 0) is 24.9 Å². The Balaban J connectivity index is 0.000000666. The smallest absolute Gasteiger partial charge is 0.410 e. The highest BCUT2D eigenvalue weighted by molar-refractivity contribution is 5.67. The Labute approximate surface area is 192 Å². The molecular formula is C22H36F4N2O5. The van der Waals surface area contributed by atoms with E-state index in [2.05, 4.69) is 5.32 Å². The van der Waals surface area contributed by atoms with Gasteiger partial charge >= 0.3 is 6.09 Å². The van der Waals surface area contributed by atoms with Crippen LogP contribution in [0, 0.1) is 0 Å². The Morgan fingerprint density at radius 3 is 2.21 bits per heavy atom. The Bertz CT molecular complexity index is 667. The molecule has 0 aliphatic carbocycles. The standard InChI is InChI=1S/C14H17F2NO3.C6H11F2NO.CH4O.CH4/c15-14(16)7-9-17(8-6-12(14)18)13(19)20-10-11-4-2-1-3-5-11;7-6(8)2-4-9-3-1-5(6)10;1-2;/h1-5,12,18H,6-10H2;5,9-10H,1-4H2;2H,1H3;1H4. The molecule has 0 aromatic heterocycles. The molecule has 1 aromatic rings. The summed E-state index contributed by atoms with van der Waals surface area (Å²) >= 11 is 0. The fourth-order valence-corrected chi connectivity index (χ4v) is 3.04. The number of amides is 1. The van der Waals surface area contributed by atoms with E-state index in [1.807, 2.05) is 30.3 Å². The van der Waals surface area contributed by atoms with Gasteiger partial charge < -0.3 is 30.3 Å². The van der Waals surface area contributed by atoms with Gasteiger partial charge in [0.05, 0.1) is 0 Å². The molecule has 2 aliphatic rings. The molecule has 2 aliphatic heterocycles. The fraction of sp³-hybridized carbons (Fsp3) is 0.682. The lowest BCUT2D eigenvalue weighted by atomic mass is 10.1. The molecule has 2 fully saturated rings. The number of aliphatic hydroxyl groups excluding tert-OH is 3. The monoisotopic (exact) mass is 484 g/mol. The fourth-order valence-electron chi connectivity index (χ4n) is 3.04. The zero-order valence-electron chi connectivity index (χ0n) is 18.0. The van der Waals surface area contributed by atoms with Crippen molar-refractivity contribution in [1.82, 2.24) is 10.2 Å². The van der Waals surface area contributed by atoms with Crippen LogP contribution in [-0.4, -0.2) is 83.7 Å². The molecule has 2 atom stereocenters. The lowest BCUT2D eigenvalue weighted by molar-refractivity contribution is -0.108. The maximum Gasteiger partial charge on any atom is 0.410 e. The first-order valence-corrected chi connectivity index (χ1v) is 10.3. The largest absolute Gasteiger partial charge is 0.445 e. The van der Waals surface area contributed by atoms with Crippen LogP contribution in [0.15, 0.2) is 30.3 Å². The zero-order valence-corrected chi connectivity index (χ0v) is 18.0. The summed E-state index contributed by atoms with van der Waals surface area (Å²) in [6.07, 6.45) is -4.58. The Kier molecular flexibility index (Phi) is 14.2. The number of benzene rings is 1. The molecule has 2 unspecified atom stereocenters. The number of likely N-dealkylation sites (tertiary alicyclic amines) is 1. The number of rotatable bonds is 2. The number of halogens is 4. The maximum absolute atomic E-state index is 13.3. The van der Waals surface area contributed by atoms with Gasteiger partial charge in [0.25, 0.3) is 11.8 Å². The number of nitrogens with zero attached hydrogens (tertiary/aromatic N) is 1. The van der Waals surface area contributed by atoms with Crippen molar-refractivity contribution in [3.63, 3.8) is 0 Å². The molecule has 0 bridgehead atoms. The van der Waals surface area contributed by atoms with Gasteiger partial charge in [0, 0.05) is 39.6 Å². The topological polar surface area (TPSA) is 102 Å². The summed E-state index contributed by atoms with van der Waals surface area (Å²) in [5, 5.41) is 27.9. The highest BCUT2D eigenvalue weighted by Gasteiger charge is 2.41. The number of alkyl halides is 4. The van der Waals surface area contributed by atoms with Crippen molar-refractivity contribution >= 4 is 6.09 Å². The van der Waals surface area contributed by atoms with Crippen LogP contribution in [0.5, 0.6) is 0 Å². The summed E-state index contributed by atoms with van der Waals surface area (Å²) in [5.74, 6) is -6.03. The van der Waals surface area contributed by atoms with Gasteiger partial charge in [-0.3, -0.25) is 0 Å². The number of carbonyl (C=O) groups is 1. The van der Waals surface area contributed by atoms with Crippen LogP contribution in [0.25, 0.3) is 0 Å². The third kappa shape index (κ3) is 10.7. The Morgan fingerprint density at radius 2 is 1.58 bits per heavy atom. The van der Waals surface area contributed by atoms with Gasteiger partial charge in [0.1, 0.15) is 18.8 Å². The molecule has 3 rings (SSSR count).